The van der Waals surface area contributed by atoms with Crippen molar-refractivity contribution < 1.29 is 9.90 Å². The lowest BCUT2D eigenvalue weighted by atomic mass is 9.93. The highest BCUT2D eigenvalue weighted by molar-refractivity contribution is 5.74. The van der Waals surface area contributed by atoms with Gasteiger partial charge in [0.2, 0.25) is 0 Å². The first kappa shape index (κ1) is 10.7. The molecule has 0 aromatic carbocycles. The van der Waals surface area contributed by atoms with E-state index < -0.39 is 0 Å². The maximum atomic E-state index is 11.7. The number of hydrogen-bond donors (Lipinski definition) is 2. The van der Waals surface area contributed by atoms with Gasteiger partial charge in [-0.1, -0.05) is 0 Å². The summed E-state index contributed by atoms with van der Waals surface area (Å²) < 4.78 is 0. The Balaban J connectivity index is 1.71. The summed E-state index contributed by atoms with van der Waals surface area (Å²) in [6.07, 6.45) is 5.40. The molecular weight excluding hydrogens is 192 g/mol. The first-order valence-electron chi connectivity index (χ1n) is 5.96. The molecule has 0 bridgehead atoms. The van der Waals surface area contributed by atoms with E-state index in [1.54, 1.807) is 0 Å². The highest BCUT2D eigenvalue weighted by Gasteiger charge is 2.25. The van der Waals surface area contributed by atoms with Crippen LogP contribution in [0.5, 0.6) is 0 Å². The SMILES string of the molecule is O=C(NC1CCC1)N1CCC(CO)CC1. The molecule has 1 saturated carbocycles. The van der Waals surface area contributed by atoms with Gasteiger partial charge in [0.1, 0.15) is 0 Å². The number of likely N-dealkylation sites (tertiary alicyclic amines) is 1. The normalized spacial score (nSPS) is 23.7. The third kappa shape index (κ3) is 2.62. The Hall–Kier alpha value is -0.770. The number of carbonyl (C=O) groups excluding carboxylic acids is 1. The average molecular weight is 212 g/mol. The zero-order valence-electron chi connectivity index (χ0n) is 9.11. The van der Waals surface area contributed by atoms with Crippen molar-refractivity contribution in [1.29, 1.82) is 0 Å². The smallest absolute Gasteiger partial charge is 0.317 e. The molecule has 86 valence electrons. The Labute approximate surface area is 90.6 Å². The molecule has 1 aliphatic carbocycles. The van der Waals surface area contributed by atoms with Crippen LogP contribution in [0.2, 0.25) is 0 Å². The minimum absolute atomic E-state index is 0.0936. The number of aliphatic hydroxyl groups excluding tert-OH is 1. The molecule has 1 saturated heterocycles. The van der Waals surface area contributed by atoms with Gasteiger partial charge in [-0.2, -0.15) is 0 Å². The molecule has 0 spiro atoms. The minimum Gasteiger partial charge on any atom is -0.396 e. The van der Waals surface area contributed by atoms with Gasteiger partial charge in [0.25, 0.3) is 0 Å². The van der Waals surface area contributed by atoms with Crippen LogP contribution < -0.4 is 5.32 Å². The highest BCUT2D eigenvalue weighted by Crippen LogP contribution is 2.20. The van der Waals surface area contributed by atoms with Crippen molar-refractivity contribution in [3.05, 3.63) is 0 Å². The van der Waals surface area contributed by atoms with Crippen LogP contribution in [0.15, 0.2) is 0 Å². The number of rotatable bonds is 2. The van der Waals surface area contributed by atoms with Gasteiger partial charge in [-0.25, -0.2) is 4.79 Å². The van der Waals surface area contributed by atoms with Crippen LogP contribution in [0.1, 0.15) is 32.1 Å². The Morgan fingerprint density at radius 3 is 2.40 bits per heavy atom. The summed E-state index contributed by atoms with van der Waals surface area (Å²) in [6, 6.07) is 0.518. The first-order chi connectivity index (χ1) is 7.29. The van der Waals surface area contributed by atoms with Gasteiger partial charge in [0.05, 0.1) is 0 Å². The molecular formula is C11H20N2O2. The summed E-state index contributed by atoms with van der Waals surface area (Å²) in [5.41, 5.74) is 0. The van der Waals surface area contributed by atoms with E-state index in [1.165, 1.54) is 6.42 Å². The van der Waals surface area contributed by atoms with Gasteiger partial charge < -0.3 is 15.3 Å². The van der Waals surface area contributed by atoms with Crippen molar-refractivity contribution in [2.45, 2.75) is 38.1 Å². The zero-order valence-corrected chi connectivity index (χ0v) is 9.11. The summed E-state index contributed by atoms with van der Waals surface area (Å²) in [6.45, 7) is 1.85. The summed E-state index contributed by atoms with van der Waals surface area (Å²) in [4.78, 5) is 13.6. The van der Waals surface area contributed by atoms with E-state index in [4.69, 9.17) is 5.11 Å². The lowest BCUT2D eigenvalue weighted by Gasteiger charge is -2.34. The van der Waals surface area contributed by atoms with E-state index in [-0.39, 0.29) is 12.6 Å². The number of nitrogens with zero attached hydrogens (tertiary/aromatic N) is 1. The van der Waals surface area contributed by atoms with Gasteiger partial charge in [-0.3, -0.25) is 0 Å². The van der Waals surface area contributed by atoms with E-state index >= 15 is 0 Å². The molecule has 0 atom stereocenters. The van der Waals surface area contributed by atoms with Crippen molar-refractivity contribution in [3.8, 4) is 0 Å². The maximum absolute atomic E-state index is 11.7. The van der Waals surface area contributed by atoms with Gasteiger partial charge in [-0.15, -0.1) is 0 Å². The zero-order chi connectivity index (χ0) is 10.7. The maximum Gasteiger partial charge on any atom is 0.317 e. The number of urea groups is 1. The molecule has 15 heavy (non-hydrogen) atoms. The van der Waals surface area contributed by atoms with Crippen LogP contribution in [-0.4, -0.2) is 41.8 Å². The quantitative estimate of drug-likeness (QED) is 0.716. The van der Waals surface area contributed by atoms with Gasteiger partial charge in [0, 0.05) is 25.7 Å². The molecule has 2 aliphatic rings. The average Bonchev–Trinajstić information content (AvgIpc) is 2.23. The number of aliphatic hydroxyl groups is 1. The summed E-state index contributed by atoms with van der Waals surface area (Å²) in [5.74, 6) is 0.401. The second-order valence-corrected chi connectivity index (χ2v) is 4.69. The summed E-state index contributed by atoms with van der Waals surface area (Å²) >= 11 is 0. The third-order valence-electron chi connectivity index (χ3n) is 3.59. The number of hydrogen-bond acceptors (Lipinski definition) is 2. The van der Waals surface area contributed by atoms with Crippen LogP contribution >= 0.6 is 0 Å². The molecule has 2 fully saturated rings. The molecule has 0 aromatic heterocycles. The van der Waals surface area contributed by atoms with Crippen molar-refractivity contribution in [3.63, 3.8) is 0 Å². The molecule has 2 N–H and O–H groups in total. The lowest BCUT2D eigenvalue weighted by Crippen LogP contribution is -2.49. The largest absolute Gasteiger partial charge is 0.396 e. The predicted octanol–water partition coefficient (Wildman–Crippen LogP) is 0.953. The van der Waals surface area contributed by atoms with Crippen molar-refractivity contribution in [1.82, 2.24) is 10.2 Å². The highest BCUT2D eigenvalue weighted by atomic mass is 16.3. The van der Waals surface area contributed by atoms with Crippen LogP contribution in [0.3, 0.4) is 0 Å². The molecule has 2 rings (SSSR count). The van der Waals surface area contributed by atoms with E-state index in [1.807, 2.05) is 4.90 Å². The predicted molar refractivity (Wildman–Crippen MR) is 57.6 cm³/mol. The first-order valence-corrected chi connectivity index (χ1v) is 5.96. The van der Waals surface area contributed by atoms with E-state index in [0.29, 0.717) is 12.0 Å². The fourth-order valence-electron chi connectivity index (χ4n) is 2.14. The number of nitrogens with one attached hydrogen (secondary N) is 1. The van der Waals surface area contributed by atoms with Crippen LogP contribution in [-0.2, 0) is 0 Å². The molecule has 4 heteroatoms. The topological polar surface area (TPSA) is 52.6 Å². The molecule has 1 aliphatic heterocycles. The molecule has 0 unspecified atom stereocenters. The molecule has 4 nitrogen and oxygen atoms in total. The summed E-state index contributed by atoms with van der Waals surface area (Å²) in [7, 11) is 0. The fraction of sp³-hybridized carbons (Fsp3) is 0.909. The lowest BCUT2D eigenvalue weighted by molar-refractivity contribution is 0.133. The van der Waals surface area contributed by atoms with Crippen LogP contribution in [0.25, 0.3) is 0 Å². The third-order valence-corrected chi connectivity index (χ3v) is 3.59. The molecule has 1 heterocycles. The van der Waals surface area contributed by atoms with Crippen LogP contribution in [0, 0.1) is 5.92 Å². The van der Waals surface area contributed by atoms with Crippen molar-refractivity contribution >= 4 is 6.03 Å². The Morgan fingerprint density at radius 2 is 1.93 bits per heavy atom. The summed E-state index contributed by atoms with van der Waals surface area (Å²) in [5, 5.41) is 12.0. The molecule has 0 aromatic rings. The van der Waals surface area contributed by atoms with Gasteiger partial charge >= 0.3 is 6.03 Å². The van der Waals surface area contributed by atoms with E-state index in [2.05, 4.69) is 5.32 Å². The number of amides is 2. The Kier molecular flexibility index (Phi) is 3.46. The van der Waals surface area contributed by atoms with E-state index in [9.17, 15) is 4.79 Å². The van der Waals surface area contributed by atoms with Gasteiger partial charge in [0.15, 0.2) is 0 Å². The second kappa shape index (κ2) is 4.84. The molecule has 2 amide bonds. The minimum atomic E-state index is 0.0936. The standard InChI is InChI=1S/C11H20N2O2/c14-8-9-4-6-13(7-5-9)11(15)12-10-2-1-3-10/h9-10,14H,1-8H2,(H,12,15). The number of piperidine rings is 1. The van der Waals surface area contributed by atoms with E-state index in [0.717, 1.165) is 38.8 Å². The molecule has 0 radical (unpaired) electrons. The Morgan fingerprint density at radius 1 is 1.27 bits per heavy atom. The fourth-order valence-corrected chi connectivity index (χ4v) is 2.14. The second-order valence-electron chi connectivity index (χ2n) is 4.69. The number of carbonyl (C=O) groups is 1. The van der Waals surface area contributed by atoms with Crippen molar-refractivity contribution in [2.24, 2.45) is 5.92 Å². The Bertz CT molecular complexity index is 221. The van der Waals surface area contributed by atoms with Crippen molar-refractivity contribution in [2.75, 3.05) is 19.7 Å². The van der Waals surface area contributed by atoms with Crippen LogP contribution in [0.4, 0.5) is 4.79 Å². The van der Waals surface area contributed by atoms with Gasteiger partial charge in [-0.05, 0) is 38.0 Å². The monoisotopic (exact) mass is 212 g/mol.